The van der Waals surface area contributed by atoms with Crippen LogP contribution in [0.3, 0.4) is 0 Å². The van der Waals surface area contributed by atoms with Gasteiger partial charge in [-0.3, -0.25) is 4.57 Å². The molecular weight excluding hydrogens is 130 g/mol. The fourth-order valence-electron chi connectivity index (χ4n) is 0.927. The number of fused-ring (bicyclic) bond motifs is 1. The van der Waals surface area contributed by atoms with E-state index in [1.54, 1.807) is 18.7 Å². The second-order valence-corrected chi connectivity index (χ2v) is 2.08. The highest BCUT2D eigenvalue weighted by Gasteiger charge is 2.06. The van der Waals surface area contributed by atoms with Gasteiger partial charge in [-0.2, -0.15) is 0 Å². The molecule has 0 spiro atoms. The molecule has 4 heteroatoms. The number of hydrogen-bond donors (Lipinski definition) is 1. The molecular formula is C6H7N3O. The molecule has 10 heavy (non-hydrogen) atoms. The molecule has 1 aliphatic rings. The summed E-state index contributed by atoms with van der Waals surface area (Å²) >= 11 is 0. The predicted molar refractivity (Wildman–Crippen MR) is 36.8 cm³/mol. The zero-order valence-electron chi connectivity index (χ0n) is 5.32. The van der Waals surface area contributed by atoms with E-state index in [9.17, 15) is 0 Å². The number of imidazole rings is 1. The molecule has 2 rings (SSSR count). The van der Waals surface area contributed by atoms with Gasteiger partial charge >= 0.3 is 0 Å². The number of ether oxygens (including phenoxy) is 1. The standard InChI is InChI=1S/C6H7N3O/c7-6-5-1-2-10-4-9(5)3-8-6/h1-3H,4,7H2. The second kappa shape index (κ2) is 1.76. The average Bonchev–Trinajstić information content (AvgIpc) is 2.34. The number of aromatic nitrogens is 2. The van der Waals surface area contributed by atoms with Gasteiger partial charge in [0.2, 0.25) is 0 Å². The topological polar surface area (TPSA) is 53.1 Å². The molecule has 2 N–H and O–H groups in total. The predicted octanol–water partition coefficient (Wildman–Crippen LogP) is 0.424. The highest BCUT2D eigenvalue weighted by Crippen LogP contribution is 2.14. The Morgan fingerprint density at radius 3 is 3.40 bits per heavy atom. The summed E-state index contributed by atoms with van der Waals surface area (Å²) in [6.07, 6.45) is 5.08. The van der Waals surface area contributed by atoms with Gasteiger partial charge in [0, 0.05) is 6.08 Å². The van der Waals surface area contributed by atoms with Crippen molar-refractivity contribution >= 4 is 11.9 Å². The van der Waals surface area contributed by atoms with Crippen LogP contribution >= 0.6 is 0 Å². The summed E-state index contributed by atoms with van der Waals surface area (Å²) in [4.78, 5) is 3.91. The fraction of sp³-hybridized carbons (Fsp3) is 0.167. The zero-order chi connectivity index (χ0) is 6.97. The molecule has 52 valence electrons. The van der Waals surface area contributed by atoms with Gasteiger partial charge in [-0.25, -0.2) is 4.98 Å². The van der Waals surface area contributed by atoms with Crippen LogP contribution in [0.2, 0.25) is 0 Å². The molecule has 0 saturated heterocycles. The van der Waals surface area contributed by atoms with Gasteiger partial charge in [0.15, 0.2) is 6.73 Å². The minimum Gasteiger partial charge on any atom is -0.480 e. The van der Waals surface area contributed by atoms with Crippen LogP contribution in [0.4, 0.5) is 5.82 Å². The van der Waals surface area contributed by atoms with E-state index in [0.717, 1.165) is 5.69 Å². The first-order chi connectivity index (χ1) is 4.88. The van der Waals surface area contributed by atoms with Gasteiger partial charge in [-0.15, -0.1) is 0 Å². The third-order valence-electron chi connectivity index (χ3n) is 1.44. The third kappa shape index (κ3) is 0.586. The Morgan fingerprint density at radius 2 is 2.60 bits per heavy atom. The number of nitrogens with two attached hydrogens (primary N) is 1. The van der Waals surface area contributed by atoms with E-state index in [4.69, 9.17) is 10.5 Å². The summed E-state index contributed by atoms with van der Waals surface area (Å²) in [6, 6.07) is 0. The van der Waals surface area contributed by atoms with E-state index in [1.807, 2.05) is 4.57 Å². The first-order valence-corrected chi connectivity index (χ1v) is 2.96. The molecule has 0 saturated carbocycles. The Labute approximate surface area is 57.9 Å². The van der Waals surface area contributed by atoms with Crippen molar-refractivity contribution in [1.82, 2.24) is 9.55 Å². The van der Waals surface area contributed by atoms with Crippen LogP contribution in [0, 0.1) is 0 Å². The van der Waals surface area contributed by atoms with Crippen LogP contribution in [-0.2, 0) is 11.5 Å². The van der Waals surface area contributed by atoms with Crippen molar-refractivity contribution in [2.75, 3.05) is 5.73 Å². The molecule has 0 aromatic carbocycles. The van der Waals surface area contributed by atoms with Crippen molar-refractivity contribution in [3.8, 4) is 0 Å². The number of anilines is 1. The molecule has 0 atom stereocenters. The Balaban J connectivity index is 2.57. The minimum atomic E-state index is 0.510. The zero-order valence-corrected chi connectivity index (χ0v) is 5.32. The van der Waals surface area contributed by atoms with Gasteiger partial charge in [0.25, 0.3) is 0 Å². The van der Waals surface area contributed by atoms with Gasteiger partial charge in [-0.05, 0) is 0 Å². The van der Waals surface area contributed by atoms with Crippen LogP contribution in [-0.4, -0.2) is 9.55 Å². The summed E-state index contributed by atoms with van der Waals surface area (Å²) in [5.74, 6) is 0.555. The van der Waals surface area contributed by atoms with E-state index in [1.165, 1.54) is 0 Å². The van der Waals surface area contributed by atoms with Gasteiger partial charge in [0.05, 0.1) is 12.0 Å². The van der Waals surface area contributed by atoms with Crippen molar-refractivity contribution in [1.29, 1.82) is 0 Å². The molecule has 1 aliphatic heterocycles. The first-order valence-electron chi connectivity index (χ1n) is 2.96. The third-order valence-corrected chi connectivity index (χ3v) is 1.44. The van der Waals surface area contributed by atoms with Crippen LogP contribution in [0.5, 0.6) is 0 Å². The maximum Gasteiger partial charge on any atom is 0.165 e. The fourth-order valence-corrected chi connectivity index (χ4v) is 0.927. The maximum atomic E-state index is 5.52. The second-order valence-electron chi connectivity index (χ2n) is 2.08. The molecule has 0 fully saturated rings. The lowest BCUT2D eigenvalue weighted by Crippen LogP contribution is -2.04. The molecule has 0 bridgehead atoms. The highest BCUT2D eigenvalue weighted by molar-refractivity contribution is 5.57. The number of nitrogen functional groups attached to an aromatic ring is 1. The summed E-state index contributed by atoms with van der Waals surface area (Å²) < 4.78 is 6.84. The first kappa shape index (κ1) is 5.34. The molecule has 1 aromatic rings. The quantitative estimate of drug-likeness (QED) is 0.564. The number of nitrogens with zero attached hydrogens (tertiary/aromatic N) is 2. The summed E-state index contributed by atoms with van der Waals surface area (Å²) in [7, 11) is 0. The summed E-state index contributed by atoms with van der Waals surface area (Å²) in [5, 5.41) is 0. The van der Waals surface area contributed by atoms with Crippen LogP contribution in [0.15, 0.2) is 12.6 Å². The Hall–Kier alpha value is -1.45. The largest absolute Gasteiger partial charge is 0.480 e. The molecule has 0 unspecified atom stereocenters. The molecule has 0 amide bonds. The van der Waals surface area contributed by atoms with Gasteiger partial charge < -0.3 is 10.5 Å². The SMILES string of the molecule is Nc1ncn2c1C=COC2. The van der Waals surface area contributed by atoms with Crippen molar-refractivity contribution in [3.63, 3.8) is 0 Å². The van der Waals surface area contributed by atoms with Gasteiger partial charge in [-0.1, -0.05) is 0 Å². The van der Waals surface area contributed by atoms with E-state index in [2.05, 4.69) is 4.98 Å². The monoisotopic (exact) mass is 137 g/mol. The van der Waals surface area contributed by atoms with Crippen molar-refractivity contribution in [3.05, 3.63) is 18.3 Å². The molecule has 1 aromatic heterocycles. The van der Waals surface area contributed by atoms with Crippen molar-refractivity contribution in [2.24, 2.45) is 0 Å². The van der Waals surface area contributed by atoms with E-state index in [0.29, 0.717) is 12.5 Å². The van der Waals surface area contributed by atoms with E-state index < -0.39 is 0 Å². The van der Waals surface area contributed by atoms with Crippen LogP contribution < -0.4 is 5.73 Å². The average molecular weight is 137 g/mol. The Kier molecular flexibility index (Phi) is 0.943. The summed E-state index contributed by atoms with van der Waals surface area (Å²) in [6.45, 7) is 0.510. The number of rotatable bonds is 0. The molecule has 0 radical (unpaired) electrons. The summed E-state index contributed by atoms with van der Waals surface area (Å²) in [5.41, 5.74) is 6.45. The smallest absolute Gasteiger partial charge is 0.165 e. The normalized spacial score (nSPS) is 14.4. The van der Waals surface area contributed by atoms with E-state index >= 15 is 0 Å². The van der Waals surface area contributed by atoms with E-state index in [-0.39, 0.29) is 0 Å². The van der Waals surface area contributed by atoms with Crippen molar-refractivity contribution in [2.45, 2.75) is 6.73 Å². The minimum absolute atomic E-state index is 0.510. The maximum absolute atomic E-state index is 5.52. The molecule has 0 aliphatic carbocycles. The molecule has 4 nitrogen and oxygen atoms in total. The van der Waals surface area contributed by atoms with Crippen LogP contribution in [0.1, 0.15) is 5.69 Å². The van der Waals surface area contributed by atoms with Crippen LogP contribution in [0.25, 0.3) is 6.08 Å². The lowest BCUT2D eigenvalue weighted by atomic mass is 10.4. The highest BCUT2D eigenvalue weighted by atomic mass is 16.5. The Morgan fingerprint density at radius 1 is 1.70 bits per heavy atom. The lowest BCUT2D eigenvalue weighted by molar-refractivity contribution is 0.170. The van der Waals surface area contributed by atoms with Crippen molar-refractivity contribution < 1.29 is 4.74 Å². The Bertz CT molecular complexity index is 277. The van der Waals surface area contributed by atoms with Gasteiger partial charge in [0.1, 0.15) is 12.1 Å². The lowest BCUT2D eigenvalue weighted by Gasteiger charge is -2.09. The molecule has 2 heterocycles. The number of hydrogen-bond acceptors (Lipinski definition) is 3.